The van der Waals surface area contributed by atoms with E-state index in [1.54, 1.807) is 0 Å². The third-order valence-corrected chi connectivity index (χ3v) is 3.56. The van der Waals surface area contributed by atoms with Gasteiger partial charge < -0.3 is 9.64 Å². The zero-order chi connectivity index (χ0) is 9.80. The molecule has 0 radical (unpaired) electrons. The molecule has 1 saturated carbocycles. The maximum Gasteiger partial charge on any atom is 0.0581 e. The van der Waals surface area contributed by atoms with Gasteiger partial charge in [0.1, 0.15) is 0 Å². The van der Waals surface area contributed by atoms with Crippen molar-refractivity contribution in [2.45, 2.75) is 45.1 Å². The molecule has 14 heavy (non-hydrogen) atoms. The fourth-order valence-electron chi connectivity index (χ4n) is 2.70. The first-order valence-corrected chi connectivity index (χ1v) is 6.22. The van der Waals surface area contributed by atoms with Crippen molar-refractivity contribution >= 4 is 0 Å². The summed E-state index contributed by atoms with van der Waals surface area (Å²) < 4.78 is 5.58. The molecule has 1 aliphatic carbocycles. The molecule has 1 saturated heterocycles. The van der Waals surface area contributed by atoms with Gasteiger partial charge in [-0.2, -0.15) is 0 Å². The predicted octanol–water partition coefficient (Wildman–Crippen LogP) is 2.29. The molecule has 2 rings (SSSR count). The van der Waals surface area contributed by atoms with Crippen LogP contribution >= 0.6 is 0 Å². The fourth-order valence-corrected chi connectivity index (χ4v) is 2.70. The molecule has 0 atom stereocenters. The van der Waals surface area contributed by atoms with Gasteiger partial charge in [0.2, 0.25) is 0 Å². The van der Waals surface area contributed by atoms with Crippen molar-refractivity contribution in [2.24, 2.45) is 5.92 Å². The number of piperidine rings is 1. The van der Waals surface area contributed by atoms with Crippen LogP contribution in [0.1, 0.15) is 39.0 Å². The van der Waals surface area contributed by atoms with Gasteiger partial charge in [0, 0.05) is 13.2 Å². The van der Waals surface area contributed by atoms with Crippen LogP contribution in [0, 0.1) is 5.92 Å². The minimum atomic E-state index is 0.592. The van der Waals surface area contributed by atoms with Crippen LogP contribution in [0.4, 0.5) is 0 Å². The summed E-state index contributed by atoms with van der Waals surface area (Å²) in [7, 11) is 0. The number of ether oxygens (including phenoxy) is 1. The first-order chi connectivity index (χ1) is 6.88. The Morgan fingerprint density at radius 2 is 1.86 bits per heavy atom. The molecule has 0 aromatic rings. The minimum Gasteiger partial charge on any atom is -0.378 e. The highest BCUT2D eigenvalue weighted by Gasteiger charge is 2.30. The Morgan fingerprint density at radius 3 is 2.50 bits per heavy atom. The van der Waals surface area contributed by atoms with Crippen molar-refractivity contribution in [3.8, 4) is 0 Å². The standard InChI is InChI=1S/C12H23NO/c1-2-14-12-8-11(9-12)10-13-6-4-3-5-7-13/h11-12H,2-10H2,1H3. The van der Waals surface area contributed by atoms with Gasteiger partial charge in [-0.05, 0) is 51.6 Å². The molecule has 82 valence electrons. The second-order valence-electron chi connectivity index (χ2n) is 4.78. The fraction of sp³-hybridized carbons (Fsp3) is 1.00. The Balaban J connectivity index is 1.58. The van der Waals surface area contributed by atoms with Crippen LogP contribution < -0.4 is 0 Å². The van der Waals surface area contributed by atoms with Gasteiger partial charge in [-0.15, -0.1) is 0 Å². The van der Waals surface area contributed by atoms with E-state index >= 15 is 0 Å². The summed E-state index contributed by atoms with van der Waals surface area (Å²) in [5, 5.41) is 0. The molecule has 0 N–H and O–H groups in total. The lowest BCUT2D eigenvalue weighted by Gasteiger charge is -2.39. The van der Waals surface area contributed by atoms with Gasteiger partial charge in [-0.3, -0.25) is 0 Å². The van der Waals surface area contributed by atoms with Gasteiger partial charge in [0.25, 0.3) is 0 Å². The molecular formula is C12H23NO. The highest BCUT2D eigenvalue weighted by Crippen LogP contribution is 2.31. The second kappa shape index (κ2) is 5.13. The van der Waals surface area contributed by atoms with Gasteiger partial charge in [-0.25, -0.2) is 0 Å². The third kappa shape index (κ3) is 2.71. The van der Waals surface area contributed by atoms with Crippen LogP contribution in [-0.2, 0) is 4.74 Å². The molecule has 2 nitrogen and oxygen atoms in total. The summed E-state index contributed by atoms with van der Waals surface area (Å²) in [6.07, 6.45) is 7.50. The van der Waals surface area contributed by atoms with Crippen molar-refractivity contribution in [3.63, 3.8) is 0 Å². The third-order valence-electron chi connectivity index (χ3n) is 3.56. The Morgan fingerprint density at radius 1 is 1.14 bits per heavy atom. The normalized spacial score (nSPS) is 34.1. The van der Waals surface area contributed by atoms with E-state index < -0.39 is 0 Å². The molecule has 0 bridgehead atoms. The molecule has 2 aliphatic rings. The predicted molar refractivity (Wildman–Crippen MR) is 58.4 cm³/mol. The number of rotatable bonds is 4. The van der Waals surface area contributed by atoms with Crippen molar-refractivity contribution in [3.05, 3.63) is 0 Å². The van der Waals surface area contributed by atoms with Crippen LogP contribution in [0.5, 0.6) is 0 Å². The van der Waals surface area contributed by atoms with E-state index in [0.717, 1.165) is 12.5 Å². The SMILES string of the molecule is CCOC1CC(CN2CCCCC2)C1. The molecule has 0 amide bonds. The zero-order valence-corrected chi connectivity index (χ0v) is 9.37. The highest BCUT2D eigenvalue weighted by molar-refractivity contribution is 4.83. The summed E-state index contributed by atoms with van der Waals surface area (Å²) in [5.41, 5.74) is 0. The molecule has 0 aromatic carbocycles. The second-order valence-corrected chi connectivity index (χ2v) is 4.78. The average Bonchev–Trinajstić information content (AvgIpc) is 2.16. The number of nitrogens with zero attached hydrogens (tertiary/aromatic N) is 1. The van der Waals surface area contributed by atoms with Gasteiger partial charge >= 0.3 is 0 Å². The topological polar surface area (TPSA) is 12.5 Å². The lowest BCUT2D eigenvalue weighted by atomic mass is 9.81. The first kappa shape index (κ1) is 10.4. The van der Waals surface area contributed by atoms with E-state index in [1.165, 1.54) is 51.7 Å². The smallest absolute Gasteiger partial charge is 0.0581 e. The Kier molecular flexibility index (Phi) is 3.82. The monoisotopic (exact) mass is 197 g/mol. The van der Waals surface area contributed by atoms with E-state index in [2.05, 4.69) is 11.8 Å². The number of likely N-dealkylation sites (tertiary alicyclic amines) is 1. The summed E-state index contributed by atoms with van der Waals surface area (Å²) >= 11 is 0. The Hall–Kier alpha value is -0.0800. The van der Waals surface area contributed by atoms with E-state index in [4.69, 9.17) is 4.74 Å². The molecule has 1 aliphatic heterocycles. The van der Waals surface area contributed by atoms with Crippen molar-refractivity contribution in [1.82, 2.24) is 4.90 Å². The van der Waals surface area contributed by atoms with E-state index in [0.29, 0.717) is 6.10 Å². The van der Waals surface area contributed by atoms with Crippen molar-refractivity contribution in [2.75, 3.05) is 26.2 Å². The van der Waals surface area contributed by atoms with Crippen LogP contribution in [-0.4, -0.2) is 37.2 Å². The highest BCUT2D eigenvalue weighted by atomic mass is 16.5. The quantitative estimate of drug-likeness (QED) is 0.685. The average molecular weight is 197 g/mol. The van der Waals surface area contributed by atoms with Crippen LogP contribution in [0.25, 0.3) is 0 Å². The largest absolute Gasteiger partial charge is 0.378 e. The maximum absolute atomic E-state index is 5.58. The van der Waals surface area contributed by atoms with Gasteiger partial charge in [0.15, 0.2) is 0 Å². The van der Waals surface area contributed by atoms with Crippen LogP contribution in [0.15, 0.2) is 0 Å². The van der Waals surface area contributed by atoms with Crippen LogP contribution in [0.2, 0.25) is 0 Å². The Labute approximate surface area is 87.6 Å². The molecule has 1 heterocycles. The molecule has 2 heteroatoms. The Bertz CT molecular complexity index is 160. The lowest BCUT2D eigenvalue weighted by molar-refractivity contribution is -0.0347. The summed E-state index contributed by atoms with van der Waals surface area (Å²) in [6.45, 7) is 7.01. The van der Waals surface area contributed by atoms with E-state index in [1.807, 2.05) is 0 Å². The molecule has 0 aromatic heterocycles. The molecular weight excluding hydrogens is 174 g/mol. The van der Waals surface area contributed by atoms with E-state index in [9.17, 15) is 0 Å². The van der Waals surface area contributed by atoms with E-state index in [-0.39, 0.29) is 0 Å². The summed E-state index contributed by atoms with van der Waals surface area (Å²) in [5.74, 6) is 0.935. The zero-order valence-electron chi connectivity index (χ0n) is 9.37. The molecule has 0 spiro atoms. The van der Waals surface area contributed by atoms with Gasteiger partial charge in [0.05, 0.1) is 6.10 Å². The first-order valence-electron chi connectivity index (χ1n) is 6.22. The minimum absolute atomic E-state index is 0.592. The van der Waals surface area contributed by atoms with Crippen LogP contribution in [0.3, 0.4) is 0 Å². The number of hydrogen-bond acceptors (Lipinski definition) is 2. The van der Waals surface area contributed by atoms with Crippen molar-refractivity contribution < 1.29 is 4.74 Å². The molecule has 2 fully saturated rings. The lowest BCUT2D eigenvalue weighted by Crippen LogP contribution is -2.41. The van der Waals surface area contributed by atoms with Crippen molar-refractivity contribution in [1.29, 1.82) is 0 Å². The number of hydrogen-bond donors (Lipinski definition) is 0. The molecule has 0 unspecified atom stereocenters. The maximum atomic E-state index is 5.58. The summed E-state index contributed by atoms with van der Waals surface area (Å²) in [6, 6.07) is 0. The summed E-state index contributed by atoms with van der Waals surface area (Å²) in [4.78, 5) is 2.65. The van der Waals surface area contributed by atoms with Gasteiger partial charge in [-0.1, -0.05) is 6.42 Å².